The van der Waals surface area contributed by atoms with Gasteiger partial charge in [-0.3, -0.25) is 0 Å². The van der Waals surface area contributed by atoms with Crippen LogP contribution in [-0.4, -0.2) is 9.97 Å². The van der Waals surface area contributed by atoms with Crippen molar-refractivity contribution in [3.63, 3.8) is 0 Å². The van der Waals surface area contributed by atoms with E-state index < -0.39 is 0 Å². The van der Waals surface area contributed by atoms with Gasteiger partial charge in [0.05, 0.1) is 0 Å². The van der Waals surface area contributed by atoms with Crippen molar-refractivity contribution >= 4 is 75.2 Å². The number of rotatable bonds is 3. The number of hydrogen-bond acceptors (Lipinski definition) is 2. The largest absolute Gasteiger partial charge is 0.303 e. The van der Waals surface area contributed by atoms with E-state index in [1.165, 1.54) is 22.3 Å². The van der Waals surface area contributed by atoms with Crippen LogP contribution in [0.1, 0.15) is 11.1 Å². The monoisotopic (exact) mass is 1080 g/mol. The van der Waals surface area contributed by atoms with E-state index in [4.69, 9.17) is 9.97 Å². The molecule has 0 amide bonds. The van der Waals surface area contributed by atoms with Gasteiger partial charge in [0.25, 0.3) is 0 Å². The molecule has 0 unspecified atom stereocenters. The van der Waals surface area contributed by atoms with Gasteiger partial charge in [-0.15, -0.1) is 47.2 Å². The molecule has 0 saturated carbocycles. The summed E-state index contributed by atoms with van der Waals surface area (Å²) in [6, 6.07) is 41.1. The molecule has 0 bridgehead atoms. The van der Waals surface area contributed by atoms with Crippen LogP contribution in [0.4, 0.5) is 0 Å². The first-order chi connectivity index (χ1) is 21.4. The quantitative estimate of drug-likeness (QED) is 0.130. The number of nitrogens with zero attached hydrogens (tertiary/aromatic N) is 2. The summed E-state index contributed by atoms with van der Waals surface area (Å²) in [5.41, 5.74) is 11.1. The van der Waals surface area contributed by atoms with Gasteiger partial charge >= 0.3 is 0 Å². The van der Waals surface area contributed by atoms with Crippen molar-refractivity contribution in [1.82, 2.24) is 9.97 Å². The molecule has 0 spiro atoms. The van der Waals surface area contributed by atoms with Crippen LogP contribution in [0.3, 0.4) is 0 Å². The molecular formula is C40H24Br2Ir2N2-2. The summed E-state index contributed by atoms with van der Waals surface area (Å²) < 4.78 is 2.10. The minimum absolute atomic E-state index is 0. The fourth-order valence-corrected chi connectivity index (χ4v) is 7.35. The Labute approximate surface area is 311 Å². The van der Waals surface area contributed by atoms with E-state index >= 15 is 0 Å². The van der Waals surface area contributed by atoms with Crippen molar-refractivity contribution in [3.8, 4) is 33.4 Å². The van der Waals surface area contributed by atoms with Gasteiger partial charge in [-0.1, -0.05) is 136 Å². The molecule has 8 rings (SSSR count). The Kier molecular flexibility index (Phi) is 9.42. The summed E-state index contributed by atoms with van der Waals surface area (Å²) in [6.45, 7) is 4.32. The van der Waals surface area contributed by atoms with Gasteiger partial charge in [-0.05, 0) is 69.0 Å². The molecule has 0 aliphatic carbocycles. The molecule has 6 heteroatoms. The molecule has 0 saturated heterocycles. The molecule has 8 aromatic rings. The van der Waals surface area contributed by atoms with E-state index in [1.807, 2.05) is 36.7 Å². The Hall–Kier alpha value is -3.08. The van der Waals surface area contributed by atoms with Crippen LogP contribution in [0.2, 0.25) is 0 Å². The Morgan fingerprint density at radius 2 is 1.02 bits per heavy atom. The average Bonchev–Trinajstić information content (AvgIpc) is 3.03. The first-order valence-electron chi connectivity index (χ1n) is 14.4. The molecule has 0 N–H and O–H groups in total. The summed E-state index contributed by atoms with van der Waals surface area (Å²) >= 11 is 7.37. The second-order valence-corrected chi connectivity index (χ2v) is 13.0. The van der Waals surface area contributed by atoms with Crippen molar-refractivity contribution in [2.45, 2.75) is 13.8 Å². The van der Waals surface area contributed by atoms with Gasteiger partial charge in [-0.2, -0.15) is 0 Å². The number of hydrogen-bond donors (Lipinski definition) is 0. The third-order valence-electron chi connectivity index (χ3n) is 8.33. The van der Waals surface area contributed by atoms with Crippen molar-refractivity contribution in [2.75, 3.05) is 0 Å². The van der Waals surface area contributed by atoms with Crippen LogP contribution < -0.4 is 0 Å². The van der Waals surface area contributed by atoms with Gasteiger partial charge in [0.2, 0.25) is 0 Å². The minimum atomic E-state index is 0. The second-order valence-electron chi connectivity index (χ2n) is 11.3. The van der Waals surface area contributed by atoms with E-state index in [0.717, 1.165) is 74.5 Å². The van der Waals surface area contributed by atoms with Crippen molar-refractivity contribution in [1.29, 1.82) is 0 Å². The van der Waals surface area contributed by atoms with Gasteiger partial charge < -0.3 is 9.97 Å². The Bertz CT molecular complexity index is 2290. The third-order valence-corrected chi connectivity index (χ3v) is 9.71. The first kappa shape index (κ1) is 32.8. The van der Waals surface area contributed by atoms with Gasteiger partial charge in [-0.25, -0.2) is 0 Å². The Balaban J connectivity index is 0.00000186. The SMILES string of the molecule is Cc1cc(C)cc(-c2c(-c3cnc4c(ccc5c(Br)cc[c-]c54)c3)cccc2-c2cnc3c(ccc4c(Br)cc[c-]c43)c2)c1.[Ir].[Ir]. The summed E-state index contributed by atoms with van der Waals surface area (Å²) in [5.74, 6) is 0. The van der Waals surface area contributed by atoms with Crippen LogP contribution >= 0.6 is 31.9 Å². The van der Waals surface area contributed by atoms with Crippen molar-refractivity contribution in [2.24, 2.45) is 0 Å². The maximum atomic E-state index is 5.00. The maximum absolute atomic E-state index is 5.00. The first-order valence-corrected chi connectivity index (χ1v) is 16.0. The summed E-state index contributed by atoms with van der Waals surface area (Å²) in [4.78, 5) is 10.0. The molecule has 2 radical (unpaired) electrons. The van der Waals surface area contributed by atoms with E-state index in [1.54, 1.807) is 0 Å². The van der Waals surface area contributed by atoms with Crippen LogP contribution in [0.15, 0.2) is 118 Å². The molecule has 2 aromatic heterocycles. The smallest absolute Gasteiger partial charge is 0.0240 e. The number of halogens is 2. The molecule has 0 atom stereocenters. The molecule has 2 nitrogen and oxygen atoms in total. The number of aromatic nitrogens is 2. The van der Waals surface area contributed by atoms with Gasteiger partial charge in [0.1, 0.15) is 0 Å². The number of pyridine rings is 2. The molecular weight excluding hydrogens is 1050 g/mol. The minimum Gasteiger partial charge on any atom is -0.303 e. The van der Waals surface area contributed by atoms with Crippen LogP contribution in [0, 0.1) is 26.0 Å². The van der Waals surface area contributed by atoms with E-state index in [9.17, 15) is 0 Å². The van der Waals surface area contributed by atoms with Gasteiger partial charge in [0, 0.05) is 52.6 Å². The zero-order valence-corrected chi connectivity index (χ0v) is 32.7. The summed E-state index contributed by atoms with van der Waals surface area (Å²) in [5, 5.41) is 6.43. The molecule has 228 valence electrons. The maximum Gasteiger partial charge on any atom is 0.0240 e. The van der Waals surface area contributed by atoms with Crippen LogP contribution in [0.5, 0.6) is 0 Å². The molecule has 6 aromatic carbocycles. The van der Waals surface area contributed by atoms with E-state index in [0.29, 0.717) is 0 Å². The molecule has 0 fully saturated rings. The molecule has 0 aliphatic rings. The summed E-state index contributed by atoms with van der Waals surface area (Å²) in [6.07, 6.45) is 4.00. The fraction of sp³-hybridized carbons (Fsp3) is 0.0500. The Morgan fingerprint density at radius 3 is 1.50 bits per heavy atom. The van der Waals surface area contributed by atoms with Crippen LogP contribution in [0.25, 0.3) is 76.7 Å². The van der Waals surface area contributed by atoms with E-state index in [-0.39, 0.29) is 40.2 Å². The van der Waals surface area contributed by atoms with Crippen molar-refractivity contribution < 1.29 is 40.2 Å². The predicted molar refractivity (Wildman–Crippen MR) is 191 cm³/mol. The van der Waals surface area contributed by atoms with Crippen molar-refractivity contribution in [3.05, 3.63) is 142 Å². The van der Waals surface area contributed by atoms with Crippen LogP contribution in [-0.2, 0) is 40.2 Å². The fourth-order valence-electron chi connectivity index (χ4n) is 6.43. The zero-order chi connectivity index (χ0) is 29.9. The zero-order valence-electron chi connectivity index (χ0n) is 24.7. The van der Waals surface area contributed by atoms with Gasteiger partial charge in [0.15, 0.2) is 0 Å². The predicted octanol–water partition coefficient (Wildman–Crippen LogP) is 11.8. The second kappa shape index (κ2) is 13.2. The third kappa shape index (κ3) is 5.70. The molecule has 0 aliphatic heterocycles. The summed E-state index contributed by atoms with van der Waals surface area (Å²) in [7, 11) is 0. The normalized spacial score (nSPS) is 11.1. The molecule has 46 heavy (non-hydrogen) atoms. The number of benzene rings is 6. The number of aryl methyl sites for hydroxylation is 2. The molecule has 2 heterocycles. The standard InChI is InChI=1S/C40H24Br2N2.2Ir/c1-23-16-24(2)18-27(17-23)38-30(28-19-25-12-14-32-34(39(25)43-21-28)8-4-10-36(32)41)6-3-7-31(38)29-20-26-13-15-33-35(40(26)44-22-29)9-5-11-37(33)42;;/h3-7,10-22H,1-2H3;;/q-2;;. The average molecular weight is 1080 g/mol. The van der Waals surface area contributed by atoms with E-state index in [2.05, 4.69) is 131 Å². The topological polar surface area (TPSA) is 25.8 Å². The Morgan fingerprint density at radius 1 is 0.543 bits per heavy atom. The number of fused-ring (bicyclic) bond motifs is 6.